The molecule has 0 N–H and O–H groups in total. The molecule has 5 nitrogen and oxygen atoms in total. The number of hydrogen-bond donors (Lipinski definition) is 0. The van der Waals surface area contributed by atoms with Crippen molar-refractivity contribution in [2.45, 2.75) is 207 Å². The fourth-order valence-corrected chi connectivity index (χ4v) is 5.93. The molecule has 0 aromatic heterocycles. The van der Waals surface area contributed by atoms with Crippen LogP contribution in [0.3, 0.4) is 0 Å². The Morgan fingerprint density at radius 1 is 0.451 bits per heavy atom. The lowest BCUT2D eigenvalue weighted by molar-refractivity contribution is -0.144. The fraction of sp³-hybridized carbons (Fsp3) is 0.783. The third-order valence-electron chi connectivity index (χ3n) is 9.34. The maximum absolute atomic E-state index is 12.4. The predicted octanol–water partition coefficient (Wildman–Crippen LogP) is 13.6. The van der Waals surface area contributed by atoms with Gasteiger partial charge in [-0.2, -0.15) is 0 Å². The van der Waals surface area contributed by atoms with Crippen LogP contribution in [0.5, 0.6) is 0 Å². The van der Waals surface area contributed by atoms with Crippen molar-refractivity contribution in [1.82, 2.24) is 4.90 Å². The number of allylic oxidation sites excluding steroid dienone is 8. The summed E-state index contributed by atoms with van der Waals surface area (Å²) in [6.07, 6.45) is 47.9. The highest BCUT2D eigenvalue weighted by Gasteiger charge is 2.23. The van der Waals surface area contributed by atoms with Gasteiger partial charge in [-0.05, 0) is 97.8 Å². The van der Waals surface area contributed by atoms with E-state index in [1.807, 2.05) is 0 Å². The van der Waals surface area contributed by atoms with Gasteiger partial charge in [0.15, 0.2) is 0 Å². The van der Waals surface area contributed by atoms with Gasteiger partial charge in [-0.15, -0.1) is 0 Å². The van der Waals surface area contributed by atoms with Gasteiger partial charge in [-0.3, -0.25) is 14.5 Å². The van der Waals surface area contributed by atoms with Crippen molar-refractivity contribution in [2.75, 3.05) is 26.3 Å². The monoisotopic (exact) mass is 714 g/mol. The standard InChI is InChI=1S/C46H83NO4/c1-6-8-10-12-14-16-18-20-22-24-26-28-30-32-34-36-42-50-44(48)38-40-47(46(3,4)5)41-39-45(49)51-43-37-35-33-31-29-27-25-23-21-19-17-15-13-11-9-7-2/h14-17,20-23H,6-13,18-19,24-43H2,1-5H3/b16-14-,17-15-,22-20-,23-21-. The molecule has 0 amide bonds. The van der Waals surface area contributed by atoms with Crippen molar-refractivity contribution < 1.29 is 19.1 Å². The van der Waals surface area contributed by atoms with Crippen LogP contribution in [-0.2, 0) is 19.1 Å². The van der Waals surface area contributed by atoms with Gasteiger partial charge >= 0.3 is 11.9 Å². The summed E-state index contributed by atoms with van der Waals surface area (Å²) < 4.78 is 11.0. The van der Waals surface area contributed by atoms with E-state index >= 15 is 0 Å². The number of rotatable bonds is 36. The molecule has 296 valence electrons. The maximum atomic E-state index is 12.4. The number of ether oxygens (including phenoxy) is 2. The summed E-state index contributed by atoms with van der Waals surface area (Å²) in [4.78, 5) is 27.0. The molecule has 0 unspecified atom stereocenters. The zero-order valence-electron chi connectivity index (χ0n) is 34.4. The highest BCUT2D eigenvalue weighted by atomic mass is 16.5. The van der Waals surface area contributed by atoms with Gasteiger partial charge in [0.1, 0.15) is 0 Å². The molecule has 0 saturated heterocycles. The summed E-state index contributed by atoms with van der Waals surface area (Å²) in [5.41, 5.74) is -0.137. The van der Waals surface area contributed by atoms with Crippen LogP contribution in [0, 0.1) is 0 Å². The topological polar surface area (TPSA) is 55.8 Å². The van der Waals surface area contributed by atoms with Crippen LogP contribution >= 0.6 is 0 Å². The van der Waals surface area contributed by atoms with Crippen molar-refractivity contribution in [1.29, 1.82) is 0 Å². The molecule has 5 heteroatoms. The van der Waals surface area contributed by atoms with Crippen LogP contribution in [0.25, 0.3) is 0 Å². The third-order valence-corrected chi connectivity index (χ3v) is 9.34. The molecule has 0 radical (unpaired) electrons. The van der Waals surface area contributed by atoms with Crippen molar-refractivity contribution in [3.05, 3.63) is 48.6 Å². The molecule has 0 atom stereocenters. The van der Waals surface area contributed by atoms with Crippen molar-refractivity contribution in [2.24, 2.45) is 0 Å². The Balaban J connectivity index is 3.78. The lowest BCUT2D eigenvalue weighted by Crippen LogP contribution is -2.43. The molecule has 0 bridgehead atoms. The molecule has 0 aliphatic carbocycles. The fourth-order valence-electron chi connectivity index (χ4n) is 5.93. The molecule has 0 saturated carbocycles. The normalized spacial score (nSPS) is 12.4. The summed E-state index contributed by atoms with van der Waals surface area (Å²) in [5, 5.41) is 0. The molecule has 0 rings (SSSR count). The van der Waals surface area contributed by atoms with E-state index in [-0.39, 0.29) is 17.5 Å². The lowest BCUT2D eigenvalue weighted by atomic mass is 10.1. The van der Waals surface area contributed by atoms with Gasteiger partial charge in [0.2, 0.25) is 0 Å². The van der Waals surface area contributed by atoms with Crippen LogP contribution in [-0.4, -0.2) is 48.7 Å². The van der Waals surface area contributed by atoms with E-state index in [4.69, 9.17) is 9.47 Å². The summed E-state index contributed by atoms with van der Waals surface area (Å²) in [7, 11) is 0. The van der Waals surface area contributed by atoms with Gasteiger partial charge in [-0.25, -0.2) is 0 Å². The molecular formula is C46H83NO4. The number of unbranched alkanes of at least 4 members (excludes halogenated alkanes) is 18. The van der Waals surface area contributed by atoms with E-state index < -0.39 is 0 Å². The van der Waals surface area contributed by atoms with Crippen molar-refractivity contribution in [3.8, 4) is 0 Å². The Labute approximate surface area is 317 Å². The minimum Gasteiger partial charge on any atom is -0.466 e. The maximum Gasteiger partial charge on any atom is 0.307 e. The predicted molar refractivity (Wildman–Crippen MR) is 221 cm³/mol. The molecule has 0 aromatic carbocycles. The Hall–Kier alpha value is -2.14. The first kappa shape index (κ1) is 48.9. The van der Waals surface area contributed by atoms with Crippen LogP contribution in [0.4, 0.5) is 0 Å². The summed E-state index contributed by atoms with van der Waals surface area (Å²) >= 11 is 0. The Morgan fingerprint density at radius 2 is 0.765 bits per heavy atom. The van der Waals surface area contributed by atoms with Gasteiger partial charge in [0.25, 0.3) is 0 Å². The minimum absolute atomic E-state index is 0.137. The lowest BCUT2D eigenvalue weighted by Gasteiger charge is -2.35. The first-order valence-corrected chi connectivity index (χ1v) is 21.5. The van der Waals surface area contributed by atoms with Crippen LogP contribution in [0.15, 0.2) is 48.6 Å². The highest BCUT2D eigenvalue weighted by molar-refractivity contribution is 5.70. The van der Waals surface area contributed by atoms with Crippen LogP contribution in [0.1, 0.15) is 202 Å². The molecule has 0 aromatic rings. The zero-order chi connectivity index (χ0) is 37.5. The van der Waals surface area contributed by atoms with Gasteiger partial charge in [-0.1, -0.05) is 140 Å². The number of carbonyl (C=O) groups is 2. The first-order chi connectivity index (χ1) is 24.8. The van der Waals surface area contributed by atoms with Crippen LogP contribution in [0.2, 0.25) is 0 Å². The molecule has 0 aliphatic heterocycles. The van der Waals surface area contributed by atoms with E-state index in [1.54, 1.807) is 0 Å². The van der Waals surface area contributed by atoms with Gasteiger partial charge in [0, 0.05) is 18.6 Å². The third kappa shape index (κ3) is 37.4. The van der Waals surface area contributed by atoms with E-state index in [9.17, 15) is 9.59 Å². The van der Waals surface area contributed by atoms with E-state index in [0.717, 1.165) is 38.5 Å². The summed E-state index contributed by atoms with van der Waals surface area (Å²) in [6.45, 7) is 13.0. The zero-order valence-corrected chi connectivity index (χ0v) is 34.4. The summed E-state index contributed by atoms with van der Waals surface area (Å²) in [5.74, 6) is -0.293. The van der Waals surface area contributed by atoms with Crippen LogP contribution < -0.4 is 0 Å². The average molecular weight is 714 g/mol. The number of nitrogens with zero attached hydrogens (tertiary/aromatic N) is 1. The second-order valence-corrected chi connectivity index (χ2v) is 15.3. The van der Waals surface area contributed by atoms with Gasteiger partial charge < -0.3 is 9.47 Å². The van der Waals surface area contributed by atoms with Gasteiger partial charge in [0.05, 0.1) is 26.1 Å². The minimum atomic E-state index is -0.146. The van der Waals surface area contributed by atoms with E-state index in [2.05, 4.69) is 88.1 Å². The van der Waals surface area contributed by atoms with Crippen molar-refractivity contribution in [3.63, 3.8) is 0 Å². The highest BCUT2D eigenvalue weighted by Crippen LogP contribution is 2.15. The molecule has 0 heterocycles. The summed E-state index contributed by atoms with van der Waals surface area (Å²) in [6, 6.07) is 0. The molecule has 51 heavy (non-hydrogen) atoms. The molecular weight excluding hydrogens is 631 g/mol. The Morgan fingerprint density at radius 3 is 1.10 bits per heavy atom. The smallest absolute Gasteiger partial charge is 0.307 e. The second kappa shape index (κ2) is 37.6. The average Bonchev–Trinajstić information content (AvgIpc) is 3.10. The number of esters is 2. The molecule has 0 aliphatic rings. The first-order valence-electron chi connectivity index (χ1n) is 21.5. The van der Waals surface area contributed by atoms with E-state index in [0.29, 0.717) is 39.1 Å². The second-order valence-electron chi connectivity index (χ2n) is 15.3. The Bertz CT molecular complexity index is 831. The largest absolute Gasteiger partial charge is 0.466 e. The number of hydrogen-bond acceptors (Lipinski definition) is 5. The number of carbonyl (C=O) groups excluding carboxylic acids is 2. The van der Waals surface area contributed by atoms with E-state index in [1.165, 1.54) is 116 Å². The quantitative estimate of drug-likeness (QED) is 0.0367. The SMILES string of the molecule is CCCCC/C=C\C/C=C\CCCCCCCCOC(=O)CCN(CCC(=O)OCCCCCCCC/C=C\C/C=C\CCCCC)C(C)(C)C. The molecule has 0 spiro atoms. The van der Waals surface area contributed by atoms with Crippen molar-refractivity contribution >= 4 is 11.9 Å². The Kier molecular flexibility index (Phi) is 36.0. The molecule has 0 fully saturated rings.